The molecule has 76 valence electrons. The van der Waals surface area contributed by atoms with Gasteiger partial charge in [0.2, 0.25) is 0 Å². The van der Waals surface area contributed by atoms with E-state index < -0.39 is 5.43 Å². The molecule has 0 saturated heterocycles. The zero-order valence-electron chi connectivity index (χ0n) is 8.06. The lowest BCUT2D eigenvalue weighted by atomic mass is 9.97. The van der Waals surface area contributed by atoms with Crippen molar-refractivity contribution in [1.82, 2.24) is 0 Å². The summed E-state index contributed by atoms with van der Waals surface area (Å²) >= 11 is 0. The van der Waals surface area contributed by atoms with Crippen LogP contribution in [-0.2, 0) is 0 Å². The topological polar surface area (TPSA) is 75.0 Å². The quantitative estimate of drug-likeness (QED) is 0.637. The maximum Gasteiger partial charge on any atom is 0.196 e. The van der Waals surface area contributed by atoms with Crippen molar-refractivity contribution in [3.8, 4) is 6.07 Å². The number of ketones is 2. The molecule has 4 heteroatoms. The van der Waals surface area contributed by atoms with Gasteiger partial charge in [-0.3, -0.25) is 14.4 Å². The standard InChI is InChI=1S/C12H5NO3/c13-6-7-5-9-8(1-2-10(7)14)11(15)3-4-12(9)16/h1-5H. The molecule has 0 amide bonds. The minimum atomic E-state index is -0.502. The van der Waals surface area contributed by atoms with E-state index in [1.165, 1.54) is 12.1 Å². The highest BCUT2D eigenvalue weighted by atomic mass is 16.1. The van der Waals surface area contributed by atoms with Gasteiger partial charge in [0.05, 0.1) is 0 Å². The summed E-state index contributed by atoms with van der Waals surface area (Å²) < 4.78 is 0. The molecule has 0 fully saturated rings. The van der Waals surface area contributed by atoms with E-state index in [1.807, 2.05) is 0 Å². The fourth-order valence-corrected chi connectivity index (χ4v) is 1.47. The Labute approximate surface area is 90.4 Å². The number of carbonyl (C=O) groups is 2. The number of nitriles is 1. The lowest BCUT2D eigenvalue weighted by Crippen LogP contribution is -2.09. The van der Waals surface area contributed by atoms with Gasteiger partial charge in [-0.25, -0.2) is 0 Å². The predicted octanol–water partition coefficient (Wildman–Crippen LogP) is 0.854. The maximum absolute atomic E-state index is 11.5. The van der Waals surface area contributed by atoms with Crippen LogP contribution in [0.4, 0.5) is 0 Å². The van der Waals surface area contributed by atoms with Gasteiger partial charge in [0.15, 0.2) is 17.0 Å². The number of fused-ring (bicyclic) bond motifs is 1. The van der Waals surface area contributed by atoms with E-state index in [0.717, 1.165) is 18.2 Å². The molecule has 0 N–H and O–H groups in total. The number of hydrogen-bond donors (Lipinski definition) is 0. The Bertz CT molecular complexity index is 636. The molecule has 0 aromatic heterocycles. The van der Waals surface area contributed by atoms with Gasteiger partial charge in [-0.05, 0) is 30.4 Å². The largest absolute Gasteiger partial charge is 0.289 e. The first kappa shape index (κ1) is 9.99. The van der Waals surface area contributed by atoms with E-state index in [2.05, 4.69) is 0 Å². The summed E-state index contributed by atoms with van der Waals surface area (Å²) in [6, 6.07) is 5.28. The second-order valence-corrected chi connectivity index (χ2v) is 3.26. The van der Waals surface area contributed by atoms with Crippen LogP contribution < -0.4 is 5.43 Å². The van der Waals surface area contributed by atoms with Crippen molar-refractivity contribution in [2.45, 2.75) is 0 Å². The number of hydrogen-bond acceptors (Lipinski definition) is 4. The molecule has 0 saturated carbocycles. The smallest absolute Gasteiger partial charge is 0.196 e. The second-order valence-electron chi connectivity index (χ2n) is 3.26. The lowest BCUT2D eigenvalue weighted by Gasteiger charge is -2.04. The Morgan fingerprint density at radius 2 is 1.56 bits per heavy atom. The molecule has 0 unspecified atom stereocenters. The Kier molecular flexibility index (Phi) is 2.22. The Hall–Kier alpha value is -2.54. The van der Waals surface area contributed by atoms with Crippen LogP contribution in [0.3, 0.4) is 0 Å². The number of allylic oxidation sites excluding steroid dienone is 2. The molecule has 1 aromatic rings. The SMILES string of the molecule is N#Cc1cc2c(ccc1=O)C(=O)C=CC2=O. The van der Waals surface area contributed by atoms with Crippen LogP contribution in [0.1, 0.15) is 26.3 Å². The maximum atomic E-state index is 11.5. The summed E-state index contributed by atoms with van der Waals surface area (Å²) in [4.78, 5) is 34.3. The number of rotatable bonds is 0. The van der Waals surface area contributed by atoms with Gasteiger partial charge in [0.1, 0.15) is 11.6 Å². The first-order valence-corrected chi connectivity index (χ1v) is 4.48. The fraction of sp³-hybridized carbons (Fsp3) is 0. The molecule has 4 nitrogen and oxygen atoms in total. The van der Waals surface area contributed by atoms with Gasteiger partial charge in [-0.2, -0.15) is 5.26 Å². The van der Waals surface area contributed by atoms with Crippen LogP contribution in [0.25, 0.3) is 0 Å². The lowest BCUT2D eigenvalue weighted by molar-refractivity contribution is 0.0994. The van der Waals surface area contributed by atoms with E-state index in [0.29, 0.717) is 0 Å². The van der Waals surface area contributed by atoms with Gasteiger partial charge in [0, 0.05) is 11.1 Å². The van der Waals surface area contributed by atoms with E-state index in [1.54, 1.807) is 6.07 Å². The highest BCUT2D eigenvalue weighted by Gasteiger charge is 2.18. The zero-order valence-corrected chi connectivity index (χ0v) is 8.06. The summed E-state index contributed by atoms with van der Waals surface area (Å²) in [7, 11) is 0. The van der Waals surface area contributed by atoms with Crippen LogP contribution >= 0.6 is 0 Å². The summed E-state index contributed by atoms with van der Waals surface area (Å²) in [6.45, 7) is 0. The van der Waals surface area contributed by atoms with Crippen LogP contribution in [0.5, 0.6) is 0 Å². The Morgan fingerprint density at radius 3 is 2.19 bits per heavy atom. The number of nitrogens with zero attached hydrogens (tertiary/aromatic N) is 1. The normalized spacial score (nSPS) is 13.2. The molecule has 0 radical (unpaired) electrons. The third kappa shape index (κ3) is 1.44. The molecule has 0 spiro atoms. The van der Waals surface area contributed by atoms with Gasteiger partial charge in [-0.1, -0.05) is 0 Å². The van der Waals surface area contributed by atoms with Crippen LogP contribution in [-0.4, -0.2) is 11.6 Å². The van der Waals surface area contributed by atoms with Crippen LogP contribution in [0.15, 0.2) is 35.1 Å². The average Bonchev–Trinajstić information content (AvgIpc) is 2.44. The van der Waals surface area contributed by atoms with E-state index in [4.69, 9.17) is 5.26 Å². The van der Waals surface area contributed by atoms with Gasteiger partial charge < -0.3 is 0 Å². The summed E-state index contributed by atoms with van der Waals surface area (Å²) in [5.41, 5.74) is -0.382. The molecule has 0 aliphatic heterocycles. The molecule has 1 aliphatic carbocycles. The zero-order chi connectivity index (χ0) is 11.7. The van der Waals surface area contributed by atoms with Crippen molar-refractivity contribution in [2.24, 2.45) is 0 Å². The van der Waals surface area contributed by atoms with Gasteiger partial charge in [-0.15, -0.1) is 0 Å². The summed E-state index contributed by atoms with van der Waals surface area (Å²) in [5.74, 6) is -0.712. The van der Waals surface area contributed by atoms with Crippen molar-refractivity contribution in [3.63, 3.8) is 0 Å². The molecule has 1 aromatic carbocycles. The minimum absolute atomic E-state index is 0.103. The van der Waals surface area contributed by atoms with Gasteiger partial charge >= 0.3 is 0 Å². The molecular weight excluding hydrogens is 206 g/mol. The summed E-state index contributed by atoms with van der Waals surface area (Å²) in [5, 5.41) is 8.72. The first-order chi connectivity index (χ1) is 7.63. The molecule has 0 atom stereocenters. The predicted molar refractivity (Wildman–Crippen MR) is 55.2 cm³/mol. The molecule has 16 heavy (non-hydrogen) atoms. The van der Waals surface area contributed by atoms with Crippen LogP contribution in [0, 0.1) is 11.3 Å². The number of carbonyl (C=O) groups excluding carboxylic acids is 2. The molecule has 2 rings (SSSR count). The van der Waals surface area contributed by atoms with Crippen molar-refractivity contribution in [1.29, 1.82) is 5.26 Å². The Morgan fingerprint density at radius 1 is 0.938 bits per heavy atom. The van der Waals surface area contributed by atoms with E-state index in [9.17, 15) is 14.4 Å². The van der Waals surface area contributed by atoms with Crippen molar-refractivity contribution >= 4 is 11.6 Å². The third-order valence-electron chi connectivity index (χ3n) is 2.28. The van der Waals surface area contributed by atoms with E-state index in [-0.39, 0.29) is 28.3 Å². The average molecular weight is 211 g/mol. The summed E-state index contributed by atoms with van der Waals surface area (Å²) in [6.07, 6.45) is 2.29. The highest BCUT2D eigenvalue weighted by Crippen LogP contribution is 2.15. The molecule has 0 heterocycles. The third-order valence-corrected chi connectivity index (χ3v) is 2.28. The highest BCUT2D eigenvalue weighted by molar-refractivity contribution is 6.21. The molecular formula is C12H5NO3. The first-order valence-electron chi connectivity index (χ1n) is 4.48. The minimum Gasteiger partial charge on any atom is -0.289 e. The second kappa shape index (κ2) is 3.55. The van der Waals surface area contributed by atoms with Crippen LogP contribution in [0.2, 0.25) is 0 Å². The van der Waals surface area contributed by atoms with Crippen molar-refractivity contribution in [3.05, 3.63) is 57.3 Å². The van der Waals surface area contributed by atoms with E-state index >= 15 is 0 Å². The Balaban J connectivity index is 2.87. The van der Waals surface area contributed by atoms with Crippen molar-refractivity contribution in [2.75, 3.05) is 0 Å². The van der Waals surface area contributed by atoms with Crippen molar-refractivity contribution < 1.29 is 9.59 Å². The fourth-order valence-electron chi connectivity index (χ4n) is 1.47. The molecule has 1 aliphatic rings. The monoisotopic (exact) mass is 211 g/mol. The molecule has 0 bridgehead atoms. The van der Waals surface area contributed by atoms with Gasteiger partial charge in [0.25, 0.3) is 0 Å².